The van der Waals surface area contributed by atoms with Gasteiger partial charge in [-0.05, 0) is 32.6 Å². The molecule has 0 bridgehead atoms. The quantitative estimate of drug-likeness (QED) is 0.750. The lowest BCUT2D eigenvalue weighted by atomic mass is 10.0. The molecule has 2 saturated heterocycles. The lowest BCUT2D eigenvalue weighted by Crippen LogP contribution is -2.38. The van der Waals surface area contributed by atoms with Crippen molar-refractivity contribution in [1.29, 1.82) is 0 Å². The summed E-state index contributed by atoms with van der Waals surface area (Å²) in [5.74, 6) is 0.821. The summed E-state index contributed by atoms with van der Waals surface area (Å²) in [5, 5.41) is 0. The zero-order valence-electron chi connectivity index (χ0n) is 10.2. The smallest absolute Gasteiger partial charge is 0.228 e. The number of nitrogens with two attached hydrogens (primary N) is 1. The number of carbonyl (C=O) groups excluding carboxylic acids is 1. The lowest BCUT2D eigenvalue weighted by molar-refractivity contribution is -0.136. The third-order valence-electron chi connectivity index (χ3n) is 3.97. The molecule has 4 heteroatoms. The Bertz CT molecular complexity index is 268. The van der Waals surface area contributed by atoms with Crippen molar-refractivity contribution < 1.29 is 9.53 Å². The molecule has 4 unspecified atom stereocenters. The van der Waals surface area contributed by atoms with Gasteiger partial charge in [-0.3, -0.25) is 4.79 Å². The number of amides is 1. The number of hydrogen-bond donors (Lipinski definition) is 1. The van der Waals surface area contributed by atoms with E-state index in [1.807, 2.05) is 18.7 Å². The van der Waals surface area contributed by atoms with Crippen LogP contribution in [0.15, 0.2) is 0 Å². The molecule has 2 heterocycles. The molecule has 2 aliphatic heterocycles. The standard InChI is InChI=1S/C12H22N2O2/c1-8(13)10-3-5-14(7-10)12(15)11-4-6-16-9(11)2/h8-11H,3-7,13H2,1-2H3. The van der Waals surface area contributed by atoms with Crippen molar-refractivity contribution >= 4 is 5.91 Å². The van der Waals surface area contributed by atoms with Gasteiger partial charge in [0.1, 0.15) is 0 Å². The summed E-state index contributed by atoms with van der Waals surface area (Å²) < 4.78 is 5.45. The molecule has 1 amide bonds. The van der Waals surface area contributed by atoms with Crippen LogP contribution < -0.4 is 5.73 Å². The highest BCUT2D eigenvalue weighted by molar-refractivity contribution is 5.80. The fraction of sp³-hybridized carbons (Fsp3) is 0.917. The SMILES string of the molecule is CC(N)C1CCN(C(=O)C2CCOC2C)C1. The van der Waals surface area contributed by atoms with Crippen LogP contribution in [0, 0.1) is 11.8 Å². The first-order valence-electron chi connectivity index (χ1n) is 6.25. The first-order valence-corrected chi connectivity index (χ1v) is 6.25. The lowest BCUT2D eigenvalue weighted by Gasteiger charge is -2.23. The van der Waals surface area contributed by atoms with Crippen molar-refractivity contribution in [3.8, 4) is 0 Å². The summed E-state index contributed by atoms with van der Waals surface area (Å²) in [6, 6.07) is 0.190. The van der Waals surface area contributed by atoms with E-state index in [1.165, 1.54) is 0 Å². The van der Waals surface area contributed by atoms with Crippen LogP contribution in [0.1, 0.15) is 26.7 Å². The molecule has 0 radical (unpaired) electrons. The van der Waals surface area contributed by atoms with Crippen LogP contribution in [-0.2, 0) is 9.53 Å². The summed E-state index contributed by atoms with van der Waals surface area (Å²) in [6.07, 6.45) is 2.01. The topological polar surface area (TPSA) is 55.6 Å². The first-order chi connectivity index (χ1) is 7.59. The van der Waals surface area contributed by atoms with E-state index in [4.69, 9.17) is 10.5 Å². The zero-order chi connectivity index (χ0) is 11.7. The predicted molar refractivity (Wildman–Crippen MR) is 61.9 cm³/mol. The fourth-order valence-electron chi connectivity index (χ4n) is 2.71. The van der Waals surface area contributed by atoms with Crippen LogP contribution >= 0.6 is 0 Å². The van der Waals surface area contributed by atoms with Gasteiger partial charge in [-0.1, -0.05) is 0 Å². The average Bonchev–Trinajstić information content (AvgIpc) is 2.84. The summed E-state index contributed by atoms with van der Waals surface area (Å²) >= 11 is 0. The Hall–Kier alpha value is -0.610. The maximum absolute atomic E-state index is 12.2. The maximum Gasteiger partial charge on any atom is 0.228 e. The van der Waals surface area contributed by atoms with E-state index in [-0.39, 0.29) is 24.0 Å². The molecule has 2 aliphatic rings. The van der Waals surface area contributed by atoms with Gasteiger partial charge < -0.3 is 15.4 Å². The van der Waals surface area contributed by atoms with Gasteiger partial charge in [-0.25, -0.2) is 0 Å². The Morgan fingerprint density at radius 2 is 2.25 bits per heavy atom. The highest BCUT2D eigenvalue weighted by Crippen LogP contribution is 2.26. The van der Waals surface area contributed by atoms with Gasteiger partial charge in [0, 0.05) is 25.7 Å². The number of ether oxygens (including phenoxy) is 1. The normalized spacial score (nSPS) is 36.7. The van der Waals surface area contributed by atoms with E-state index in [0.29, 0.717) is 5.92 Å². The number of carbonyl (C=O) groups is 1. The fourth-order valence-corrected chi connectivity index (χ4v) is 2.71. The first kappa shape index (κ1) is 11.9. The molecule has 4 atom stereocenters. The van der Waals surface area contributed by atoms with Crippen molar-refractivity contribution in [2.45, 2.75) is 38.8 Å². The molecule has 4 nitrogen and oxygen atoms in total. The van der Waals surface area contributed by atoms with Gasteiger partial charge in [0.25, 0.3) is 0 Å². The van der Waals surface area contributed by atoms with E-state index in [1.54, 1.807) is 0 Å². The minimum atomic E-state index is 0.0758. The van der Waals surface area contributed by atoms with Gasteiger partial charge in [0.15, 0.2) is 0 Å². The van der Waals surface area contributed by atoms with Crippen LogP contribution in [0.4, 0.5) is 0 Å². The summed E-state index contributed by atoms with van der Waals surface area (Å²) in [6.45, 7) is 6.45. The second kappa shape index (κ2) is 4.72. The number of hydrogen-bond acceptors (Lipinski definition) is 3. The highest BCUT2D eigenvalue weighted by Gasteiger charge is 2.37. The van der Waals surface area contributed by atoms with Crippen molar-refractivity contribution in [2.75, 3.05) is 19.7 Å². The molecule has 16 heavy (non-hydrogen) atoms. The predicted octanol–water partition coefficient (Wildman–Crippen LogP) is 0.607. The molecule has 0 saturated carbocycles. The Kier molecular flexibility index (Phi) is 3.50. The minimum Gasteiger partial charge on any atom is -0.378 e. The van der Waals surface area contributed by atoms with Gasteiger partial charge >= 0.3 is 0 Å². The average molecular weight is 226 g/mol. The third-order valence-corrected chi connectivity index (χ3v) is 3.97. The summed E-state index contributed by atoms with van der Waals surface area (Å²) in [7, 11) is 0. The molecule has 0 aromatic carbocycles. The van der Waals surface area contributed by atoms with Gasteiger partial charge in [-0.2, -0.15) is 0 Å². The van der Waals surface area contributed by atoms with E-state index in [2.05, 4.69) is 0 Å². The van der Waals surface area contributed by atoms with E-state index in [9.17, 15) is 4.79 Å². The minimum absolute atomic E-state index is 0.0758. The molecular weight excluding hydrogens is 204 g/mol. The Morgan fingerprint density at radius 1 is 1.50 bits per heavy atom. The van der Waals surface area contributed by atoms with Crippen molar-refractivity contribution in [2.24, 2.45) is 17.6 Å². The molecule has 0 aromatic heterocycles. The third kappa shape index (κ3) is 2.23. The second-order valence-corrected chi connectivity index (χ2v) is 5.16. The molecule has 0 aromatic rings. The molecule has 92 valence electrons. The molecule has 0 aliphatic carbocycles. The van der Waals surface area contributed by atoms with Crippen molar-refractivity contribution in [3.63, 3.8) is 0 Å². The Balaban J connectivity index is 1.91. The van der Waals surface area contributed by atoms with E-state index < -0.39 is 0 Å². The van der Waals surface area contributed by atoms with E-state index in [0.717, 1.165) is 32.5 Å². The van der Waals surface area contributed by atoms with Crippen molar-refractivity contribution in [1.82, 2.24) is 4.90 Å². The van der Waals surface area contributed by atoms with Crippen molar-refractivity contribution in [3.05, 3.63) is 0 Å². The largest absolute Gasteiger partial charge is 0.378 e. The maximum atomic E-state index is 12.2. The second-order valence-electron chi connectivity index (χ2n) is 5.16. The van der Waals surface area contributed by atoms with Crippen LogP contribution in [0.2, 0.25) is 0 Å². The van der Waals surface area contributed by atoms with Gasteiger partial charge in [-0.15, -0.1) is 0 Å². The molecule has 0 spiro atoms. The summed E-state index contributed by atoms with van der Waals surface area (Å²) in [4.78, 5) is 14.2. The monoisotopic (exact) mass is 226 g/mol. The van der Waals surface area contributed by atoms with Gasteiger partial charge in [0.05, 0.1) is 12.0 Å². The summed E-state index contributed by atoms with van der Waals surface area (Å²) in [5.41, 5.74) is 5.88. The Morgan fingerprint density at radius 3 is 2.75 bits per heavy atom. The molecule has 2 rings (SSSR count). The number of nitrogens with zero attached hydrogens (tertiary/aromatic N) is 1. The molecular formula is C12H22N2O2. The highest BCUT2D eigenvalue weighted by atomic mass is 16.5. The van der Waals surface area contributed by atoms with Crippen LogP contribution in [0.5, 0.6) is 0 Å². The zero-order valence-corrected chi connectivity index (χ0v) is 10.2. The van der Waals surface area contributed by atoms with Crippen LogP contribution in [-0.4, -0.2) is 42.6 Å². The van der Waals surface area contributed by atoms with Crippen LogP contribution in [0.3, 0.4) is 0 Å². The Labute approximate surface area is 97.1 Å². The number of likely N-dealkylation sites (tertiary alicyclic amines) is 1. The number of rotatable bonds is 2. The van der Waals surface area contributed by atoms with E-state index >= 15 is 0 Å². The molecule has 2 fully saturated rings. The molecule has 2 N–H and O–H groups in total. The van der Waals surface area contributed by atoms with Crippen LogP contribution in [0.25, 0.3) is 0 Å². The van der Waals surface area contributed by atoms with Gasteiger partial charge in [0.2, 0.25) is 5.91 Å².